The molecule has 150 valence electrons. The number of carbonyl (C=O) groups is 2. The van der Waals surface area contributed by atoms with Crippen LogP contribution >= 0.6 is 15.9 Å². The predicted molar refractivity (Wildman–Crippen MR) is 110 cm³/mol. The van der Waals surface area contributed by atoms with Crippen molar-refractivity contribution in [2.24, 2.45) is 5.92 Å². The molecule has 2 heterocycles. The number of ether oxygens (including phenoxy) is 1. The Labute approximate surface area is 173 Å². The molecule has 1 aromatic carbocycles. The first kappa shape index (κ1) is 20.5. The minimum absolute atomic E-state index is 0.0871. The third kappa shape index (κ3) is 5.38. The predicted octanol–water partition coefficient (Wildman–Crippen LogP) is 4.11. The van der Waals surface area contributed by atoms with Gasteiger partial charge in [0.05, 0.1) is 6.61 Å². The quantitative estimate of drug-likeness (QED) is 0.721. The van der Waals surface area contributed by atoms with E-state index in [0.29, 0.717) is 29.1 Å². The van der Waals surface area contributed by atoms with Gasteiger partial charge in [-0.3, -0.25) is 9.59 Å². The molecule has 6 nitrogen and oxygen atoms in total. The molecule has 0 spiro atoms. The summed E-state index contributed by atoms with van der Waals surface area (Å²) in [4.78, 5) is 26.4. The maximum atomic E-state index is 12.5. The summed E-state index contributed by atoms with van der Waals surface area (Å²) in [6.07, 6.45) is 1.95. The second-order valence-electron chi connectivity index (χ2n) is 7.33. The van der Waals surface area contributed by atoms with Crippen molar-refractivity contribution in [3.8, 4) is 5.75 Å². The Hall–Kier alpha value is -2.28. The molecule has 1 saturated heterocycles. The Morgan fingerprint density at radius 1 is 1.25 bits per heavy atom. The Bertz CT molecular complexity index is 816. The second-order valence-corrected chi connectivity index (χ2v) is 8.11. The maximum absolute atomic E-state index is 12.5. The standard InChI is InChI=1S/C21H25BrN2O4/c1-14(2)23-20(25)16-5-7-17(8-6-16)27-13-15-4-3-11-24(12-15)21(26)18-9-10-19(22)28-18/h5-10,14-15H,3-4,11-13H2,1-2H3,(H,23,25)/t15-/m0/s1. The van der Waals surface area contributed by atoms with E-state index in [9.17, 15) is 9.59 Å². The highest BCUT2D eigenvalue weighted by molar-refractivity contribution is 9.10. The highest BCUT2D eigenvalue weighted by Gasteiger charge is 2.26. The van der Waals surface area contributed by atoms with Gasteiger partial charge in [0.1, 0.15) is 5.75 Å². The zero-order chi connectivity index (χ0) is 20.1. The number of benzene rings is 1. The van der Waals surface area contributed by atoms with Gasteiger partial charge in [-0.25, -0.2) is 0 Å². The van der Waals surface area contributed by atoms with Gasteiger partial charge < -0.3 is 19.4 Å². The van der Waals surface area contributed by atoms with Crippen LogP contribution in [-0.2, 0) is 0 Å². The number of nitrogens with one attached hydrogen (secondary N) is 1. The number of furan rings is 1. The van der Waals surface area contributed by atoms with E-state index in [0.717, 1.165) is 25.1 Å². The van der Waals surface area contributed by atoms with Gasteiger partial charge in [-0.2, -0.15) is 0 Å². The van der Waals surface area contributed by atoms with Crippen LogP contribution in [0.3, 0.4) is 0 Å². The molecule has 0 unspecified atom stereocenters. The molecule has 1 aliphatic rings. The summed E-state index contributed by atoms with van der Waals surface area (Å²) < 4.78 is 11.8. The molecule has 1 aliphatic heterocycles. The normalized spacial score (nSPS) is 16.9. The van der Waals surface area contributed by atoms with Crippen molar-refractivity contribution >= 4 is 27.7 Å². The molecule has 2 amide bonds. The van der Waals surface area contributed by atoms with Crippen molar-refractivity contribution in [3.63, 3.8) is 0 Å². The fraction of sp³-hybridized carbons (Fsp3) is 0.429. The average molecular weight is 449 g/mol. The number of nitrogens with zero attached hydrogens (tertiary/aromatic N) is 1. The number of halogens is 1. The topological polar surface area (TPSA) is 71.8 Å². The Morgan fingerprint density at radius 2 is 2.00 bits per heavy atom. The molecular formula is C21H25BrN2O4. The maximum Gasteiger partial charge on any atom is 0.289 e. The van der Waals surface area contributed by atoms with Crippen LogP contribution in [0.25, 0.3) is 0 Å². The molecule has 0 radical (unpaired) electrons. The largest absolute Gasteiger partial charge is 0.493 e. The van der Waals surface area contributed by atoms with Crippen LogP contribution < -0.4 is 10.1 Å². The highest BCUT2D eigenvalue weighted by atomic mass is 79.9. The minimum atomic E-state index is -0.0902. The van der Waals surface area contributed by atoms with Crippen molar-refractivity contribution < 1.29 is 18.7 Å². The summed E-state index contributed by atoms with van der Waals surface area (Å²) in [5.74, 6) is 1.16. The Balaban J connectivity index is 1.51. The first-order chi connectivity index (χ1) is 13.4. The molecule has 0 aliphatic carbocycles. The van der Waals surface area contributed by atoms with Gasteiger partial charge in [0.15, 0.2) is 10.4 Å². The van der Waals surface area contributed by atoms with Crippen molar-refractivity contribution in [1.82, 2.24) is 10.2 Å². The lowest BCUT2D eigenvalue weighted by Crippen LogP contribution is -2.41. The van der Waals surface area contributed by atoms with E-state index < -0.39 is 0 Å². The molecule has 1 aromatic heterocycles. The summed E-state index contributed by atoms with van der Waals surface area (Å²) in [5.41, 5.74) is 0.611. The van der Waals surface area contributed by atoms with Gasteiger partial charge in [0.2, 0.25) is 0 Å². The van der Waals surface area contributed by atoms with Gasteiger partial charge in [-0.15, -0.1) is 0 Å². The Morgan fingerprint density at radius 3 is 2.64 bits per heavy atom. The third-order valence-corrected chi connectivity index (χ3v) is 5.04. The average Bonchev–Trinajstić information content (AvgIpc) is 3.12. The fourth-order valence-corrected chi connectivity index (χ4v) is 3.54. The number of likely N-dealkylation sites (tertiary alicyclic amines) is 1. The van der Waals surface area contributed by atoms with Crippen molar-refractivity contribution in [3.05, 3.63) is 52.4 Å². The lowest BCUT2D eigenvalue weighted by Gasteiger charge is -2.32. The molecule has 1 atom stereocenters. The monoisotopic (exact) mass is 448 g/mol. The highest BCUT2D eigenvalue weighted by Crippen LogP contribution is 2.22. The first-order valence-corrected chi connectivity index (χ1v) is 10.3. The van der Waals surface area contributed by atoms with Crippen LogP contribution in [0.5, 0.6) is 5.75 Å². The number of carbonyl (C=O) groups excluding carboxylic acids is 2. The van der Waals surface area contributed by atoms with Gasteiger partial charge >= 0.3 is 0 Å². The third-order valence-electron chi connectivity index (χ3n) is 4.61. The fourth-order valence-electron chi connectivity index (χ4n) is 3.23. The molecule has 0 bridgehead atoms. The second kappa shape index (κ2) is 9.28. The van der Waals surface area contributed by atoms with E-state index in [1.54, 1.807) is 36.4 Å². The van der Waals surface area contributed by atoms with E-state index in [4.69, 9.17) is 9.15 Å². The molecule has 0 saturated carbocycles. The summed E-state index contributed by atoms with van der Waals surface area (Å²) in [6, 6.07) is 10.6. The van der Waals surface area contributed by atoms with Gasteiger partial charge in [-0.05, 0) is 79.0 Å². The van der Waals surface area contributed by atoms with Crippen LogP contribution in [0.2, 0.25) is 0 Å². The summed E-state index contributed by atoms with van der Waals surface area (Å²) in [6.45, 7) is 5.76. The SMILES string of the molecule is CC(C)NC(=O)c1ccc(OC[C@H]2CCCN(C(=O)c3ccc(Br)o3)C2)cc1. The van der Waals surface area contributed by atoms with E-state index >= 15 is 0 Å². The number of amides is 2. The van der Waals surface area contributed by atoms with Crippen LogP contribution in [-0.4, -0.2) is 42.5 Å². The summed E-state index contributed by atoms with van der Waals surface area (Å²) in [5, 5.41) is 2.86. The van der Waals surface area contributed by atoms with Crippen LogP contribution in [0.15, 0.2) is 45.5 Å². The minimum Gasteiger partial charge on any atom is -0.493 e. The van der Waals surface area contributed by atoms with Gasteiger partial charge in [0, 0.05) is 30.6 Å². The first-order valence-electron chi connectivity index (χ1n) is 9.50. The number of rotatable bonds is 6. The van der Waals surface area contributed by atoms with Gasteiger partial charge in [0.25, 0.3) is 11.8 Å². The zero-order valence-corrected chi connectivity index (χ0v) is 17.7. The van der Waals surface area contributed by atoms with Crippen LogP contribution in [0, 0.1) is 5.92 Å². The summed E-state index contributed by atoms with van der Waals surface area (Å²) >= 11 is 3.23. The van der Waals surface area contributed by atoms with E-state index in [1.165, 1.54) is 0 Å². The van der Waals surface area contributed by atoms with Crippen LogP contribution in [0.1, 0.15) is 47.6 Å². The van der Waals surface area contributed by atoms with E-state index in [-0.39, 0.29) is 23.8 Å². The van der Waals surface area contributed by atoms with E-state index in [2.05, 4.69) is 21.2 Å². The molecule has 3 rings (SSSR count). The molecule has 2 aromatic rings. The van der Waals surface area contributed by atoms with Crippen LogP contribution in [0.4, 0.5) is 0 Å². The lowest BCUT2D eigenvalue weighted by molar-refractivity contribution is 0.0601. The molecule has 1 fully saturated rings. The van der Waals surface area contributed by atoms with Crippen molar-refractivity contribution in [2.75, 3.05) is 19.7 Å². The molecule has 7 heteroatoms. The lowest BCUT2D eigenvalue weighted by atomic mass is 9.98. The molecular weight excluding hydrogens is 424 g/mol. The number of hydrogen-bond donors (Lipinski definition) is 1. The van der Waals surface area contributed by atoms with E-state index in [1.807, 2.05) is 18.7 Å². The number of hydrogen-bond acceptors (Lipinski definition) is 4. The van der Waals surface area contributed by atoms with Crippen molar-refractivity contribution in [2.45, 2.75) is 32.7 Å². The Kier molecular flexibility index (Phi) is 6.78. The smallest absolute Gasteiger partial charge is 0.289 e. The molecule has 1 N–H and O–H groups in total. The molecule has 28 heavy (non-hydrogen) atoms. The summed E-state index contributed by atoms with van der Waals surface area (Å²) in [7, 11) is 0. The van der Waals surface area contributed by atoms with Gasteiger partial charge in [-0.1, -0.05) is 0 Å². The number of piperidine rings is 1. The van der Waals surface area contributed by atoms with Crippen molar-refractivity contribution in [1.29, 1.82) is 0 Å². The zero-order valence-electron chi connectivity index (χ0n) is 16.1.